The van der Waals surface area contributed by atoms with Crippen molar-refractivity contribution in [2.75, 3.05) is 0 Å². The highest BCUT2D eigenvalue weighted by molar-refractivity contribution is 8.93. The number of phenols is 1. The lowest BCUT2D eigenvalue weighted by atomic mass is 9.87. The van der Waals surface area contributed by atoms with Crippen LogP contribution in [0.25, 0.3) is 0 Å². The fourth-order valence-corrected chi connectivity index (χ4v) is 2.38. The molecular weight excluding hydrogens is 266 g/mol. The summed E-state index contributed by atoms with van der Waals surface area (Å²) < 4.78 is 0. The zero-order chi connectivity index (χ0) is 10.8. The number of phenolic OH excluding ortho intramolecular Hbond substituents is 1. The van der Waals surface area contributed by atoms with E-state index in [1.54, 1.807) is 6.07 Å². The molecule has 0 heterocycles. The first kappa shape index (κ1) is 13.5. The standard InChI is InChI=1S/C13H19NO.BrH/c1-9(2)14-11-7-6-10-4-3-5-13(15)12(10)8-11;/h3-5,9,11,14-15H,6-8H2,1-2H3;1H. The fourth-order valence-electron chi connectivity index (χ4n) is 2.38. The van der Waals surface area contributed by atoms with E-state index in [0.717, 1.165) is 18.4 Å². The Balaban J connectivity index is 0.00000128. The van der Waals surface area contributed by atoms with Gasteiger partial charge in [0.25, 0.3) is 0 Å². The molecule has 1 aromatic rings. The van der Waals surface area contributed by atoms with Gasteiger partial charge in [0.15, 0.2) is 0 Å². The van der Waals surface area contributed by atoms with Gasteiger partial charge in [0.05, 0.1) is 0 Å². The molecule has 0 saturated carbocycles. The summed E-state index contributed by atoms with van der Waals surface area (Å²) >= 11 is 0. The molecule has 2 N–H and O–H groups in total. The molecule has 90 valence electrons. The lowest BCUT2D eigenvalue weighted by Crippen LogP contribution is -2.38. The Morgan fingerprint density at radius 1 is 1.38 bits per heavy atom. The van der Waals surface area contributed by atoms with E-state index < -0.39 is 0 Å². The van der Waals surface area contributed by atoms with Gasteiger partial charge >= 0.3 is 0 Å². The average molecular weight is 286 g/mol. The topological polar surface area (TPSA) is 32.3 Å². The number of rotatable bonds is 2. The summed E-state index contributed by atoms with van der Waals surface area (Å²) in [7, 11) is 0. The molecule has 0 fully saturated rings. The lowest BCUT2D eigenvalue weighted by Gasteiger charge is -2.27. The third-order valence-electron chi connectivity index (χ3n) is 3.03. The van der Waals surface area contributed by atoms with Gasteiger partial charge in [-0.15, -0.1) is 17.0 Å². The van der Waals surface area contributed by atoms with Crippen molar-refractivity contribution in [2.45, 2.75) is 45.2 Å². The number of hydrogen-bond acceptors (Lipinski definition) is 2. The molecule has 0 amide bonds. The van der Waals surface area contributed by atoms with Crippen LogP contribution < -0.4 is 5.32 Å². The van der Waals surface area contributed by atoms with E-state index in [4.69, 9.17) is 0 Å². The molecule has 1 aromatic carbocycles. The number of fused-ring (bicyclic) bond motifs is 1. The van der Waals surface area contributed by atoms with E-state index in [9.17, 15) is 5.11 Å². The Morgan fingerprint density at radius 2 is 2.12 bits per heavy atom. The second-order valence-electron chi connectivity index (χ2n) is 4.68. The monoisotopic (exact) mass is 285 g/mol. The summed E-state index contributed by atoms with van der Waals surface area (Å²) in [5.41, 5.74) is 2.46. The molecule has 0 spiro atoms. The molecule has 1 aliphatic rings. The van der Waals surface area contributed by atoms with Gasteiger partial charge in [0.1, 0.15) is 5.75 Å². The SMILES string of the molecule is Br.CC(C)NC1CCc2cccc(O)c2C1. The summed E-state index contributed by atoms with van der Waals surface area (Å²) in [6.45, 7) is 4.33. The number of hydrogen-bond donors (Lipinski definition) is 2. The number of aryl methyl sites for hydroxylation is 1. The molecule has 2 rings (SSSR count). The largest absolute Gasteiger partial charge is 0.508 e. The van der Waals surface area contributed by atoms with Gasteiger partial charge in [-0.25, -0.2) is 0 Å². The molecule has 2 nitrogen and oxygen atoms in total. The first-order valence-electron chi connectivity index (χ1n) is 5.72. The van der Waals surface area contributed by atoms with E-state index in [1.807, 2.05) is 6.07 Å². The zero-order valence-corrected chi connectivity index (χ0v) is 11.6. The summed E-state index contributed by atoms with van der Waals surface area (Å²) in [4.78, 5) is 0. The molecule has 3 heteroatoms. The van der Waals surface area contributed by atoms with Crippen LogP contribution in [0, 0.1) is 0 Å². The minimum Gasteiger partial charge on any atom is -0.508 e. The molecule has 0 aromatic heterocycles. The maximum atomic E-state index is 9.78. The van der Waals surface area contributed by atoms with Gasteiger partial charge in [-0.05, 0) is 36.5 Å². The van der Waals surface area contributed by atoms with E-state index in [-0.39, 0.29) is 17.0 Å². The Bertz CT molecular complexity index is 352. The molecule has 0 radical (unpaired) electrons. The van der Waals surface area contributed by atoms with Crippen LogP contribution in [-0.2, 0) is 12.8 Å². The van der Waals surface area contributed by atoms with Gasteiger partial charge in [0.2, 0.25) is 0 Å². The van der Waals surface area contributed by atoms with Crippen LogP contribution in [0.3, 0.4) is 0 Å². The van der Waals surface area contributed by atoms with Crippen molar-refractivity contribution in [3.63, 3.8) is 0 Å². The maximum Gasteiger partial charge on any atom is 0.119 e. The maximum absolute atomic E-state index is 9.78. The summed E-state index contributed by atoms with van der Waals surface area (Å²) in [5.74, 6) is 0.461. The molecule has 0 bridgehead atoms. The first-order chi connectivity index (χ1) is 7.16. The summed E-state index contributed by atoms with van der Waals surface area (Å²) in [6, 6.07) is 6.88. The zero-order valence-electron chi connectivity index (χ0n) is 9.86. The Morgan fingerprint density at radius 3 is 2.81 bits per heavy atom. The number of benzene rings is 1. The summed E-state index contributed by atoms with van der Waals surface area (Å²) in [5, 5.41) is 13.3. The molecule has 16 heavy (non-hydrogen) atoms. The van der Waals surface area contributed by atoms with E-state index in [2.05, 4.69) is 25.2 Å². The Hall–Kier alpha value is -0.540. The van der Waals surface area contributed by atoms with Crippen LogP contribution in [0.1, 0.15) is 31.4 Å². The van der Waals surface area contributed by atoms with Crippen molar-refractivity contribution in [2.24, 2.45) is 0 Å². The van der Waals surface area contributed by atoms with E-state index in [0.29, 0.717) is 17.8 Å². The smallest absolute Gasteiger partial charge is 0.119 e. The van der Waals surface area contributed by atoms with Crippen molar-refractivity contribution in [1.29, 1.82) is 0 Å². The van der Waals surface area contributed by atoms with Crippen molar-refractivity contribution >= 4 is 17.0 Å². The van der Waals surface area contributed by atoms with Crippen LogP contribution in [0.15, 0.2) is 18.2 Å². The third kappa shape index (κ3) is 2.98. The average Bonchev–Trinajstić information content (AvgIpc) is 2.18. The normalized spacial score (nSPS) is 19.1. The van der Waals surface area contributed by atoms with Gasteiger partial charge < -0.3 is 10.4 Å². The van der Waals surface area contributed by atoms with Crippen molar-refractivity contribution in [3.8, 4) is 5.75 Å². The van der Waals surface area contributed by atoms with Gasteiger partial charge in [-0.1, -0.05) is 26.0 Å². The third-order valence-corrected chi connectivity index (χ3v) is 3.03. The predicted molar refractivity (Wildman–Crippen MR) is 72.5 cm³/mol. The number of nitrogens with one attached hydrogen (secondary N) is 1. The van der Waals surface area contributed by atoms with Crippen LogP contribution in [0.5, 0.6) is 5.75 Å². The van der Waals surface area contributed by atoms with Crippen LogP contribution >= 0.6 is 17.0 Å². The highest BCUT2D eigenvalue weighted by atomic mass is 79.9. The van der Waals surface area contributed by atoms with Crippen LogP contribution in [0.2, 0.25) is 0 Å². The Kier molecular flexibility index (Phi) is 4.81. The molecule has 0 aliphatic heterocycles. The van der Waals surface area contributed by atoms with Gasteiger partial charge in [-0.2, -0.15) is 0 Å². The van der Waals surface area contributed by atoms with Crippen LogP contribution in [-0.4, -0.2) is 17.2 Å². The van der Waals surface area contributed by atoms with E-state index in [1.165, 1.54) is 12.0 Å². The van der Waals surface area contributed by atoms with Gasteiger partial charge in [-0.3, -0.25) is 0 Å². The minimum atomic E-state index is 0. The number of aromatic hydroxyl groups is 1. The lowest BCUT2D eigenvalue weighted by molar-refractivity contribution is 0.404. The molecule has 1 atom stereocenters. The number of halogens is 1. The van der Waals surface area contributed by atoms with Crippen molar-refractivity contribution < 1.29 is 5.11 Å². The minimum absolute atomic E-state index is 0. The molecule has 1 aliphatic carbocycles. The van der Waals surface area contributed by atoms with E-state index >= 15 is 0 Å². The predicted octanol–water partition coefficient (Wildman–Crippen LogP) is 2.83. The van der Waals surface area contributed by atoms with Crippen molar-refractivity contribution in [1.82, 2.24) is 5.32 Å². The quantitative estimate of drug-likeness (QED) is 0.876. The van der Waals surface area contributed by atoms with Crippen LogP contribution in [0.4, 0.5) is 0 Å². The second-order valence-corrected chi connectivity index (χ2v) is 4.68. The molecular formula is C13H20BrNO. The fraction of sp³-hybridized carbons (Fsp3) is 0.538. The first-order valence-corrected chi connectivity index (χ1v) is 5.72. The van der Waals surface area contributed by atoms with Crippen molar-refractivity contribution in [3.05, 3.63) is 29.3 Å². The highest BCUT2D eigenvalue weighted by Crippen LogP contribution is 2.28. The second kappa shape index (κ2) is 5.69. The highest BCUT2D eigenvalue weighted by Gasteiger charge is 2.20. The molecule has 1 unspecified atom stereocenters. The van der Waals surface area contributed by atoms with Gasteiger partial charge in [0, 0.05) is 12.1 Å². The molecule has 0 saturated heterocycles. The Labute approximate surface area is 108 Å². The summed E-state index contributed by atoms with van der Waals surface area (Å²) in [6.07, 6.45) is 3.21.